The predicted octanol–water partition coefficient (Wildman–Crippen LogP) is 3.97. The van der Waals surface area contributed by atoms with Crippen LogP contribution >= 0.6 is 12.2 Å². The molecule has 0 aromatic carbocycles. The highest BCUT2D eigenvalue weighted by Gasteiger charge is 2.04. The number of thiocarbonyl (C=S) groups is 1. The maximum Gasteiger partial charge on any atom is 0.342 e. The predicted molar refractivity (Wildman–Crippen MR) is 67.5 cm³/mol. The lowest BCUT2D eigenvalue weighted by atomic mass is 10.1. The summed E-state index contributed by atoms with van der Waals surface area (Å²) in [4.78, 5) is 10.6. The number of hydrogen-bond donors (Lipinski definition) is 1. The fourth-order valence-electron chi connectivity index (χ4n) is 1.53. The van der Waals surface area contributed by atoms with Gasteiger partial charge in [0.15, 0.2) is 0 Å². The molecule has 0 radical (unpaired) electrons. The fourth-order valence-corrected chi connectivity index (χ4v) is 1.67. The molecule has 0 rings (SSSR count). The molecular weight excluding hydrogens is 208 g/mol. The van der Waals surface area contributed by atoms with Gasteiger partial charge < -0.3 is 5.11 Å². The normalized spacial score (nSPS) is 10.2. The maximum absolute atomic E-state index is 10.4. The molecule has 0 heterocycles. The Hall–Kier alpha value is -0.440. The molecule has 0 atom stereocenters. The van der Waals surface area contributed by atoms with Crippen LogP contribution in [0, 0.1) is 0 Å². The summed E-state index contributed by atoms with van der Waals surface area (Å²) in [7, 11) is 0. The minimum Gasteiger partial charge on any atom is -0.477 e. The first-order valence-corrected chi connectivity index (χ1v) is 6.35. The molecule has 0 saturated carbocycles. The Morgan fingerprint density at radius 2 is 1.47 bits per heavy atom. The van der Waals surface area contributed by atoms with E-state index in [4.69, 9.17) is 17.3 Å². The van der Waals surface area contributed by atoms with Crippen molar-refractivity contribution in [2.75, 3.05) is 0 Å². The van der Waals surface area contributed by atoms with Gasteiger partial charge in [0, 0.05) is 0 Å². The van der Waals surface area contributed by atoms with Gasteiger partial charge in [0.25, 0.3) is 0 Å². The Labute approximate surface area is 98.1 Å². The summed E-state index contributed by atoms with van der Waals surface area (Å²) in [5.41, 5.74) is 0. The number of carboxylic acid groups (broad SMARTS) is 1. The Morgan fingerprint density at radius 3 is 1.93 bits per heavy atom. The van der Waals surface area contributed by atoms with Gasteiger partial charge in [0.1, 0.15) is 0 Å². The largest absolute Gasteiger partial charge is 0.477 e. The summed E-state index contributed by atoms with van der Waals surface area (Å²) >= 11 is 4.71. The molecule has 0 aromatic rings. The van der Waals surface area contributed by atoms with Crippen molar-refractivity contribution < 1.29 is 9.90 Å². The first kappa shape index (κ1) is 14.6. The molecular formula is C12H22O2S. The molecule has 0 saturated heterocycles. The lowest BCUT2D eigenvalue weighted by Gasteiger charge is -2.01. The Bertz CT molecular complexity index is 190. The van der Waals surface area contributed by atoms with Crippen molar-refractivity contribution in [3.8, 4) is 0 Å². The van der Waals surface area contributed by atoms with Gasteiger partial charge in [-0.25, -0.2) is 4.79 Å². The van der Waals surface area contributed by atoms with E-state index in [-0.39, 0.29) is 4.86 Å². The molecule has 0 aliphatic carbocycles. The van der Waals surface area contributed by atoms with Gasteiger partial charge in [-0.15, -0.1) is 0 Å². The quantitative estimate of drug-likeness (QED) is 0.456. The van der Waals surface area contributed by atoms with Crippen molar-refractivity contribution >= 4 is 23.1 Å². The third-order valence-corrected chi connectivity index (χ3v) is 2.87. The van der Waals surface area contributed by atoms with Crippen molar-refractivity contribution in [3.05, 3.63) is 0 Å². The van der Waals surface area contributed by atoms with Crippen LogP contribution in [0.1, 0.15) is 64.7 Å². The molecule has 1 N–H and O–H groups in total. The Kier molecular flexibility index (Phi) is 9.79. The summed E-state index contributed by atoms with van der Waals surface area (Å²) in [6, 6.07) is 0. The zero-order valence-electron chi connectivity index (χ0n) is 9.63. The second-order valence-corrected chi connectivity index (χ2v) is 4.45. The third kappa shape index (κ3) is 9.85. The monoisotopic (exact) mass is 230 g/mol. The van der Waals surface area contributed by atoms with E-state index in [2.05, 4.69) is 6.92 Å². The standard InChI is InChI=1S/C12H22O2S/c1-2-3-4-5-6-7-8-9-10-11(15)12(13)14/h2-10H2,1H3,(H,13,14). The van der Waals surface area contributed by atoms with Gasteiger partial charge in [-0.05, 0) is 12.8 Å². The van der Waals surface area contributed by atoms with Crippen molar-refractivity contribution in [2.45, 2.75) is 64.7 Å². The van der Waals surface area contributed by atoms with Crippen LogP contribution in [0.4, 0.5) is 0 Å². The fraction of sp³-hybridized carbons (Fsp3) is 0.833. The van der Waals surface area contributed by atoms with E-state index in [1.54, 1.807) is 0 Å². The summed E-state index contributed by atoms with van der Waals surface area (Å²) < 4.78 is 0. The number of hydrogen-bond acceptors (Lipinski definition) is 2. The van der Waals surface area contributed by atoms with Gasteiger partial charge >= 0.3 is 5.97 Å². The van der Waals surface area contributed by atoms with E-state index in [0.717, 1.165) is 12.8 Å². The van der Waals surface area contributed by atoms with E-state index >= 15 is 0 Å². The van der Waals surface area contributed by atoms with Crippen LogP contribution in [0.5, 0.6) is 0 Å². The molecule has 15 heavy (non-hydrogen) atoms. The third-order valence-electron chi connectivity index (χ3n) is 2.50. The highest BCUT2D eigenvalue weighted by atomic mass is 32.1. The summed E-state index contributed by atoms with van der Waals surface area (Å²) in [6.45, 7) is 2.22. The summed E-state index contributed by atoms with van der Waals surface area (Å²) in [6.07, 6.45) is 10.4. The second-order valence-electron chi connectivity index (χ2n) is 3.95. The summed E-state index contributed by atoms with van der Waals surface area (Å²) in [5.74, 6) is -0.923. The van der Waals surface area contributed by atoms with Crippen molar-refractivity contribution in [3.63, 3.8) is 0 Å². The van der Waals surface area contributed by atoms with E-state index in [1.165, 1.54) is 38.5 Å². The average molecular weight is 230 g/mol. The molecule has 0 fully saturated rings. The Morgan fingerprint density at radius 1 is 1.00 bits per heavy atom. The van der Waals surface area contributed by atoms with Crippen LogP contribution in [0.15, 0.2) is 0 Å². The van der Waals surface area contributed by atoms with Crippen LogP contribution in [0.3, 0.4) is 0 Å². The lowest BCUT2D eigenvalue weighted by molar-refractivity contribution is -0.129. The first-order valence-electron chi connectivity index (χ1n) is 5.94. The molecule has 2 nitrogen and oxygen atoms in total. The second kappa shape index (κ2) is 10.1. The van der Waals surface area contributed by atoms with Crippen molar-refractivity contribution in [2.24, 2.45) is 0 Å². The van der Waals surface area contributed by atoms with Crippen molar-refractivity contribution in [1.82, 2.24) is 0 Å². The highest BCUT2D eigenvalue weighted by molar-refractivity contribution is 7.82. The zero-order chi connectivity index (χ0) is 11.5. The molecule has 0 aliphatic rings. The molecule has 0 aliphatic heterocycles. The SMILES string of the molecule is CCCCCCCCCCC(=S)C(=O)O. The highest BCUT2D eigenvalue weighted by Crippen LogP contribution is 2.09. The molecule has 0 spiro atoms. The molecule has 88 valence electrons. The molecule has 0 unspecified atom stereocenters. The first-order chi connectivity index (χ1) is 7.18. The minimum atomic E-state index is -0.923. The van der Waals surface area contributed by atoms with Crippen LogP contribution < -0.4 is 0 Å². The van der Waals surface area contributed by atoms with E-state index in [0.29, 0.717) is 6.42 Å². The van der Waals surface area contributed by atoms with Gasteiger partial charge in [0.05, 0.1) is 4.86 Å². The van der Waals surface area contributed by atoms with Crippen LogP contribution in [0.25, 0.3) is 0 Å². The molecule has 0 bridgehead atoms. The number of carbonyl (C=O) groups is 1. The van der Waals surface area contributed by atoms with Gasteiger partial charge in [0.2, 0.25) is 0 Å². The smallest absolute Gasteiger partial charge is 0.342 e. The number of carboxylic acids is 1. The number of unbranched alkanes of at least 4 members (excludes halogenated alkanes) is 7. The lowest BCUT2D eigenvalue weighted by Crippen LogP contribution is -2.09. The van der Waals surface area contributed by atoms with E-state index < -0.39 is 5.97 Å². The minimum absolute atomic E-state index is 0.181. The zero-order valence-corrected chi connectivity index (χ0v) is 10.4. The summed E-state index contributed by atoms with van der Waals surface area (Å²) in [5, 5.41) is 8.54. The van der Waals surface area contributed by atoms with Crippen molar-refractivity contribution in [1.29, 1.82) is 0 Å². The average Bonchev–Trinajstić information content (AvgIpc) is 2.21. The van der Waals surface area contributed by atoms with Crippen LogP contribution in [-0.2, 0) is 4.79 Å². The number of aliphatic carboxylic acids is 1. The Balaban J connectivity index is 3.11. The van der Waals surface area contributed by atoms with E-state index in [9.17, 15) is 4.79 Å². The van der Waals surface area contributed by atoms with E-state index in [1.807, 2.05) is 0 Å². The molecule has 0 aromatic heterocycles. The van der Waals surface area contributed by atoms with Crippen LogP contribution in [0.2, 0.25) is 0 Å². The number of rotatable bonds is 10. The van der Waals surface area contributed by atoms with Gasteiger partial charge in [-0.2, -0.15) is 0 Å². The molecule has 0 amide bonds. The van der Waals surface area contributed by atoms with Gasteiger partial charge in [-0.1, -0.05) is 64.1 Å². The topological polar surface area (TPSA) is 37.3 Å². The molecule has 3 heteroatoms. The maximum atomic E-state index is 10.4. The van der Waals surface area contributed by atoms with Crippen LogP contribution in [-0.4, -0.2) is 15.9 Å². The van der Waals surface area contributed by atoms with Gasteiger partial charge in [-0.3, -0.25) is 0 Å².